The van der Waals surface area contributed by atoms with Crippen LogP contribution in [0.3, 0.4) is 0 Å². The summed E-state index contributed by atoms with van der Waals surface area (Å²) in [4.78, 5) is 35.9. The number of fused-ring (bicyclic) bond motifs is 1. The minimum atomic E-state index is -0.436. The largest absolute Gasteiger partial charge is 0.350 e. The number of benzene rings is 1. The number of aryl methyl sites for hydroxylation is 1. The Morgan fingerprint density at radius 2 is 1.93 bits per heavy atom. The average Bonchev–Trinajstić information content (AvgIpc) is 2.99. The van der Waals surface area contributed by atoms with Gasteiger partial charge in [0.25, 0.3) is 5.91 Å². The second-order valence-electron chi connectivity index (χ2n) is 6.77. The normalized spacial score (nSPS) is 15.4. The molecular weight excluding hydrogens is 352 g/mol. The standard InChI is InChI=1S/C22H20N4O2/c1-15-6-4-8-17(12-15)26-19(21-18(22(26)28)9-5-11-24-21)13-20(27)25-14-16-7-2-3-10-23-16/h2-12,19H,13-14H2,1H3,(H,25,27)/t19-/m1/s1. The Kier molecular flexibility index (Phi) is 4.85. The van der Waals surface area contributed by atoms with Crippen molar-refractivity contribution >= 4 is 17.5 Å². The maximum atomic E-state index is 13.0. The van der Waals surface area contributed by atoms with Gasteiger partial charge in [-0.2, -0.15) is 0 Å². The van der Waals surface area contributed by atoms with Crippen molar-refractivity contribution in [2.24, 2.45) is 0 Å². The smallest absolute Gasteiger partial charge is 0.260 e. The molecule has 0 radical (unpaired) electrons. The van der Waals surface area contributed by atoms with Crippen molar-refractivity contribution in [2.75, 3.05) is 4.90 Å². The van der Waals surface area contributed by atoms with Gasteiger partial charge in [0.1, 0.15) is 0 Å². The molecule has 3 aromatic rings. The number of pyridine rings is 2. The third kappa shape index (κ3) is 3.49. The summed E-state index contributed by atoms with van der Waals surface area (Å²) < 4.78 is 0. The van der Waals surface area contributed by atoms with Crippen LogP contribution in [-0.2, 0) is 11.3 Å². The van der Waals surface area contributed by atoms with E-state index in [9.17, 15) is 9.59 Å². The van der Waals surface area contributed by atoms with E-state index < -0.39 is 6.04 Å². The lowest BCUT2D eigenvalue weighted by Crippen LogP contribution is -2.33. The molecule has 2 amide bonds. The Morgan fingerprint density at radius 1 is 1.07 bits per heavy atom. The molecule has 1 atom stereocenters. The minimum Gasteiger partial charge on any atom is -0.350 e. The zero-order valence-electron chi connectivity index (χ0n) is 15.5. The third-order valence-corrected chi connectivity index (χ3v) is 4.77. The van der Waals surface area contributed by atoms with Gasteiger partial charge in [-0.1, -0.05) is 18.2 Å². The lowest BCUT2D eigenvalue weighted by Gasteiger charge is -2.25. The second kappa shape index (κ2) is 7.60. The van der Waals surface area contributed by atoms with E-state index in [-0.39, 0.29) is 18.2 Å². The monoisotopic (exact) mass is 372 g/mol. The van der Waals surface area contributed by atoms with Crippen LogP contribution in [0.4, 0.5) is 5.69 Å². The first-order valence-corrected chi connectivity index (χ1v) is 9.15. The van der Waals surface area contributed by atoms with Crippen molar-refractivity contribution in [3.63, 3.8) is 0 Å². The number of amides is 2. The molecular formula is C22H20N4O2. The molecule has 0 bridgehead atoms. The fourth-order valence-corrected chi connectivity index (χ4v) is 3.46. The Bertz CT molecular complexity index is 1020. The van der Waals surface area contributed by atoms with E-state index in [0.29, 0.717) is 17.8 Å². The number of aromatic nitrogens is 2. The van der Waals surface area contributed by atoms with Crippen LogP contribution in [0, 0.1) is 6.92 Å². The van der Waals surface area contributed by atoms with E-state index in [2.05, 4.69) is 15.3 Å². The van der Waals surface area contributed by atoms with Crippen molar-refractivity contribution in [3.8, 4) is 0 Å². The van der Waals surface area contributed by atoms with E-state index in [1.165, 1.54) is 0 Å². The van der Waals surface area contributed by atoms with Crippen molar-refractivity contribution < 1.29 is 9.59 Å². The highest BCUT2D eigenvalue weighted by Gasteiger charge is 2.39. The van der Waals surface area contributed by atoms with E-state index in [1.807, 2.05) is 49.4 Å². The summed E-state index contributed by atoms with van der Waals surface area (Å²) in [6.07, 6.45) is 3.48. The topological polar surface area (TPSA) is 75.2 Å². The lowest BCUT2D eigenvalue weighted by molar-refractivity contribution is -0.121. The molecule has 3 heterocycles. The summed E-state index contributed by atoms with van der Waals surface area (Å²) in [6, 6.07) is 16.4. The lowest BCUT2D eigenvalue weighted by atomic mass is 10.1. The number of nitrogens with zero attached hydrogens (tertiary/aromatic N) is 3. The van der Waals surface area contributed by atoms with E-state index in [0.717, 1.165) is 16.9 Å². The van der Waals surface area contributed by atoms with E-state index >= 15 is 0 Å². The summed E-state index contributed by atoms with van der Waals surface area (Å²) >= 11 is 0. The van der Waals surface area contributed by atoms with Crippen LogP contribution in [0.2, 0.25) is 0 Å². The predicted octanol–water partition coefficient (Wildman–Crippen LogP) is 3.19. The van der Waals surface area contributed by atoms with Gasteiger partial charge in [0.05, 0.1) is 36.0 Å². The molecule has 0 saturated heterocycles. The average molecular weight is 372 g/mol. The van der Waals surface area contributed by atoms with Crippen molar-refractivity contribution in [1.29, 1.82) is 0 Å². The zero-order valence-corrected chi connectivity index (χ0v) is 15.5. The first kappa shape index (κ1) is 17.9. The molecule has 0 aliphatic carbocycles. The summed E-state index contributed by atoms with van der Waals surface area (Å²) in [6.45, 7) is 2.32. The Morgan fingerprint density at radius 3 is 2.71 bits per heavy atom. The Balaban J connectivity index is 1.58. The Labute approximate surface area is 163 Å². The molecule has 1 aliphatic rings. The van der Waals surface area contributed by atoms with Crippen LogP contribution in [0.15, 0.2) is 67.0 Å². The summed E-state index contributed by atoms with van der Waals surface area (Å²) in [7, 11) is 0. The number of rotatable bonds is 5. The molecule has 2 aromatic heterocycles. The second-order valence-corrected chi connectivity index (χ2v) is 6.77. The van der Waals surface area contributed by atoms with Gasteiger partial charge in [-0.15, -0.1) is 0 Å². The highest BCUT2D eigenvalue weighted by molar-refractivity contribution is 6.11. The van der Waals surface area contributed by atoms with Gasteiger partial charge in [0, 0.05) is 18.1 Å². The molecule has 0 unspecified atom stereocenters. The molecule has 28 heavy (non-hydrogen) atoms. The van der Waals surface area contributed by atoms with Crippen LogP contribution in [0.1, 0.15) is 39.8 Å². The fraction of sp³-hybridized carbons (Fsp3) is 0.182. The molecule has 0 saturated carbocycles. The molecule has 6 heteroatoms. The number of hydrogen-bond donors (Lipinski definition) is 1. The van der Waals surface area contributed by atoms with Crippen molar-refractivity contribution in [3.05, 3.63) is 89.5 Å². The van der Waals surface area contributed by atoms with Crippen molar-refractivity contribution in [2.45, 2.75) is 25.9 Å². The SMILES string of the molecule is Cc1cccc(N2C(=O)c3cccnc3[C@H]2CC(=O)NCc2ccccn2)c1. The van der Waals surface area contributed by atoms with Crippen LogP contribution < -0.4 is 10.2 Å². The molecule has 6 nitrogen and oxygen atoms in total. The zero-order chi connectivity index (χ0) is 19.5. The molecule has 0 spiro atoms. The fourth-order valence-electron chi connectivity index (χ4n) is 3.46. The van der Waals surface area contributed by atoms with Gasteiger partial charge in [0.15, 0.2) is 0 Å². The maximum absolute atomic E-state index is 13.0. The Hall–Kier alpha value is -3.54. The summed E-state index contributed by atoms with van der Waals surface area (Å²) in [5.74, 6) is -0.282. The molecule has 0 fully saturated rings. The summed E-state index contributed by atoms with van der Waals surface area (Å²) in [5, 5.41) is 2.89. The van der Waals surface area contributed by atoms with Crippen molar-refractivity contribution in [1.82, 2.24) is 15.3 Å². The van der Waals surface area contributed by atoms with E-state index in [1.54, 1.807) is 29.4 Å². The number of hydrogen-bond acceptors (Lipinski definition) is 4. The predicted molar refractivity (Wildman–Crippen MR) is 106 cm³/mol. The molecule has 140 valence electrons. The molecule has 1 aromatic carbocycles. The number of nitrogens with one attached hydrogen (secondary N) is 1. The van der Waals surface area contributed by atoms with Gasteiger partial charge < -0.3 is 5.32 Å². The van der Waals surface area contributed by atoms with Gasteiger partial charge in [0.2, 0.25) is 5.91 Å². The number of carbonyl (C=O) groups is 2. The third-order valence-electron chi connectivity index (χ3n) is 4.77. The molecule has 1 N–H and O–H groups in total. The van der Waals surface area contributed by atoms with Gasteiger partial charge in [-0.25, -0.2) is 0 Å². The van der Waals surface area contributed by atoms with Crippen LogP contribution in [0.5, 0.6) is 0 Å². The van der Waals surface area contributed by atoms with Crippen LogP contribution in [0.25, 0.3) is 0 Å². The molecule has 1 aliphatic heterocycles. The van der Waals surface area contributed by atoms with Gasteiger partial charge >= 0.3 is 0 Å². The number of anilines is 1. The first-order chi connectivity index (χ1) is 13.6. The van der Waals surface area contributed by atoms with Crippen LogP contribution >= 0.6 is 0 Å². The first-order valence-electron chi connectivity index (χ1n) is 9.15. The maximum Gasteiger partial charge on any atom is 0.260 e. The van der Waals surface area contributed by atoms with Gasteiger partial charge in [-0.3, -0.25) is 24.5 Å². The minimum absolute atomic E-state index is 0.128. The number of carbonyl (C=O) groups excluding carboxylic acids is 2. The van der Waals surface area contributed by atoms with E-state index in [4.69, 9.17) is 0 Å². The van der Waals surface area contributed by atoms with Gasteiger partial charge in [-0.05, 0) is 48.9 Å². The highest BCUT2D eigenvalue weighted by Crippen LogP contribution is 2.38. The van der Waals surface area contributed by atoms with Crippen LogP contribution in [-0.4, -0.2) is 21.8 Å². The highest BCUT2D eigenvalue weighted by atomic mass is 16.2. The summed E-state index contributed by atoms with van der Waals surface area (Å²) in [5.41, 5.74) is 3.79. The molecule has 4 rings (SSSR count). The quantitative estimate of drug-likeness (QED) is 0.746.